The van der Waals surface area contributed by atoms with Crippen LogP contribution in [-0.4, -0.2) is 92.3 Å². The average Bonchev–Trinajstić information content (AvgIpc) is 2.96. The summed E-state index contributed by atoms with van der Waals surface area (Å²) in [6.45, 7) is 4.53. The van der Waals surface area contributed by atoms with Gasteiger partial charge in [0.2, 0.25) is 0 Å². The fourth-order valence-electron chi connectivity index (χ4n) is 5.28. The van der Waals surface area contributed by atoms with Gasteiger partial charge in [-0.3, -0.25) is 0 Å². The Morgan fingerprint density at radius 1 is 0.404 bits per heavy atom. The SMILES string of the molecule is CCCCCCCCCCCCCCCCCC(=O)[O-].CCCCCCCCCCCCCCCCCC(=O)[O-].O=P([O-])([O-])O.[Ca+2].[Ca+2]. The Kier molecular flexibility index (Phi) is 61.2. The van der Waals surface area contributed by atoms with E-state index in [1.165, 1.54) is 167 Å². The summed E-state index contributed by atoms with van der Waals surface area (Å²) in [5.74, 6) is -1.81. The van der Waals surface area contributed by atoms with Gasteiger partial charge >= 0.3 is 75.5 Å². The van der Waals surface area contributed by atoms with E-state index in [4.69, 9.17) is 19.2 Å². The maximum Gasteiger partial charge on any atom is 2.00 e. The van der Waals surface area contributed by atoms with Gasteiger partial charge in [-0.2, -0.15) is 0 Å². The van der Waals surface area contributed by atoms with Crippen LogP contribution in [0, 0.1) is 0 Å². The van der Waals surface area contributed by atoms with Gasteiger partial charge in [-0.05, 0) is 25.7 Å². The van der Waals surface area contributed by atoms with Crippen LogP contribution in [0.2, 0.25) is 0 Å². The van der Waals surface area contributed by atoms with E-state index >= 15 is 0 Å². The van der Waals surface area contributed by atoms with Crippen LogP contribution >= 0.6 is 7.82 Å². The zero-order valence-corrected chi connectivity index (χ0v) is 36.1. The van der Waals surface area contributed by atoms with E-state index in [0.29, 0.717) is 0 Å². The average molecular weight is 743 g/mol. The molecule has 0 spiro atoms. The van der Waals surface area contributed by atoms with Crippen LogP contribution in [0.1, 0.15) is 219 Å². The molecule has 0 aliphatic rings. The maximum atomic E-state index is 10.2. The van der Waals surface area contributed by atoms with Gasteiger partial charge in [-0.1, -0.05) is 194 Å². The second-order valence-corrected chi connectivity index (χ2v) is 13.5. The molecule has 0 aromatic rings. The summed E-state index contributed by atoms with van der Waals surface area (Å²) in [6, 6.07) is 0. The smallest absolute Gasteiger partial charge is 0.790 e. The molecule has 0 unspecified atom stereocenters. The molecular formula is C36H71Ca2O8P. The Morgan fingerprint density at radius 2 is 0.532 bits per heavy atom. The fraction of sp³-hybridized carbons (Fsp3) is 0.944. The molecule has 0 aromatic carbocycles. The number of carboxylic acids is 2. The predicted octanol–water partition coefficient (Wildman–Crippen LogP) is 7.04. The zero-order chi connectivity index (χ0) is 34.3. The van der Waals surface area contributed by atoms with Crippen molar-refractivity contribution in [1.29, 1.82) is 0 Å². The molecule has 272 valence electrons. The third kappa shape index (κ3) is 78.1. The zero-order valence-electron chi connectivity index (χ0n) is 30.8. The van der Waals surface area contributed by atoms with Gasteiger partial charge in [-0.25, -0.2) is 0 Å². The van der Waals surface area contributed by atoms with E-state index in [1.807, 2.05) is 0 Å². The van der Waals surface area contributed by atoms with Crippen LogP contribution in [0.3, 0.4) is 0 Å². The fourth-order valence-corrected chi connectivity index (χ4v) is 5.28. The van der Waals surface area contributed by atoms with E-state index in [0.717, 1.165) is 25.7 Å². The van der Waals surface area contributed by atoms with Crippen molar-refractivity contribution in [2.45, 2.75) is 219 Å². The Labute approximate surface area is 350 Å². The Balaban J connectivity index is -0.000000210. The molecule has 0 aromatic heterocycles. The molecular weight excluding hydrogens is 672 g/mol. The van der Waals surface area contributed by atoms with Gasteiger partial charge in [-0.15, -0.1) is 0 Å². The first kappa shape index (κ1) is 57.9. The van der Waals surface area contributed by atoms with Gasteiger partial charge < -0.3 is 39.0 Å². The predicted molar refractivity (Wildman–Crippen MR) is 190 cm³/mol. The van der Waals surface area contributed by atoms with Crippen molar-refractivity contribution in [3.63, 3.8) is 0 Å². The van der Waals surface area contributed by atoms with Crippen molar-refractivity contribution in [3.8, 4) is 0 Å². The topological polar surface area (TPSA) is 164 Å². The summed E-state index contributed by atoms with van der Waals surface area (Å²) >= 11 is 0. The first-order valence-corrected chi connectivity index (χ1v) is 20.2. The van der Waals surface area contributed by atoms with E-state index in [2.05, 4.69) is 13.8 Å². The summed E-state index contributed by atoms with van der Waals surface area (Å²) < 4.78 is 8.66. The van der Waals surface area contributed by atoms with Crippen LogP contribution in [0.4, 0.5) is 0 Å². The summed E-state index contributed by atoms with van der Waals surface area (Å²) in [4.78, 5) is 44.7. The Hall–Kier alpha value is 1.57. The number of unbranched alkanes of at least 4 members (excludes halogenated alkanes) is 28. The second-order valence-electron chi connectivity index (χ2n) is 12.6. The molecule has 0 aliphatic carbocycles. The minimum atomic E-state index is -5.14. The second kappa shape index (κ2) is 49.7. The third-order valence-corrected chi connectivity index (χ3v) is 7.97. The first-order chi connectivity index (χ1) is 21.5. The van der Waals surface area contributed by atoms with E-state index < -0.39 is 19.8 Å². The molecule has 0 aliphatic heterocycles. The van der Waals surface area contributed by atoms with Gasteiger partial charge in [0.25, 0.3) is 0 Å². The summed E-state index contributed by atoms with van der Waals surface area (Å²) in [5.41, 5.74) is 0. The summed E-state index contributed by atoms with van der Waals surface area (Å²) in [6.07, 6.45) is 39.7. The molecule has 0 atom stereocenters. The van der Waals surface area contributed by atoms with Crippen LogP contribution in [0.15, 0.2) is 0 Å². The van der Waals surface area contributed by atoms with Crippen molar-refractivity contribution in [2.75, 3.05) is 0 Å². The molecule has 0 amide bonds. The molecule has 0 bridgehead atoms. The standard InChI is InChI=1S/2C18H36O2.2Ca.H3O4P/c2*1-2-3-4-5-6-7-8-9-10-11-12-13-14-15-16-17-18(19)20;;;1-5(2,3)4/h2*2-17H2,1H3,(H,19,20);;;(H3,1,2,3,4)/q;;2*+2;/p-4. The van der Waals surface area contributed by atoms with E-state index in [1.54, 1.807) is 0 Å². The van der Waals surface area contributed by atoms with Crippen LogP contribution < -0.4 is 20.0 Å². The van der Waals surface area contributed by atoms with Gasteiger partial charge in [0.1, 0.15) is 0 Å². The number of hydrogen-bond donors (Lipinski definition) is 1. The van der Waals surface area contributed by atoms with Gasteiger partial charge in [0.15, 0.2) is 0 Å². The summed E-state index contributed by atoms with van der Waals surface area (Å²) in [7, 11) is -5.14. The first-order valence-electron chi connectivity index (χ1n) is 18.7. The van der Waals surface area contributed by atoms with Crippen molar-refractivity contribution < 1.29 is 39.0 Å². The largest absolute Gasteiger partial charge is 2.00 e. The van der Waals surface area contributed by atoms with Gasteiger partial charge in [0.05, 0.1) is 7.82 Å². The molecule has 8 nitrogen and oxygen atoms in total. The Bertz CT molecular complexity index is 598. The number of carboxylic acid groups (broad SMARTS) is 2. The molecule has 11 heteroatoms. The monoisotopic (exact) mass is 742 g/mol. The number of rotatable bonds is 32. The minimum absolute atomic E-state index is 0. The number of carbonyl (C=O) groups is 2. The molecule has 1 N–H and O–H groups in total. The van der Waals surface area contributed by atoms with E-state index in [-0.39, 0.29) is 88.3 Å². The minimum Gasteiger partial charge on any atom is -0.790 e. The molecule has 47 heavy (non-hydrogen) atoms. The maximum absolute atomic E-state index is 10.2. The number of hydrogen-bond acceptors (Lipinski definition) is 7. The van der Waals surface area contributed by atoms with Crippen molar-refractivity contribution >= 4 is 95.2 Å². The normalized spacial score (nSPS) is 10.5. The molecule has 0 radical (unpaired) electrons. The van der Waals surface area contributed by atoms with Crippen molar-refractivity contribution in [1.82, 2.24) is 0 Å². The quantitative estimate of drug-likeness (QED) is 0.0436. The van der Waals surface area contributed by atoms with Crippen LogP contribution in [0.25, 0.3) is 0 Å². The number of aliphatic carboxylic acids is 2. The number of carbonyl (C=O) groups excluding carboxylic acids is 2. The molecule has 0 heterocycles. The molecule has 0 saturated heterocycles. The Morgan fingerprint density at radius 3 is 0.660 bits per heavy atom. The van der Waals surface area contributed by atoms with Gasteiger partial charge in [0, 0.05) is 11.9 Å². The molecule has 0 saturated carbocycles. The molecule has 0 fully saturated rings. The molecule has 0 rings (SSSR count). The van der Waals surface area contributed by atoms with Crippen molar-refractivity contribution in [3.05, 3.63) is 0 Å². The van der Waals surface area contributed by atoms with Crippen LogP contribution in [-0.2, 0) is 14.2 Å². The number of phosphoric acid groups is 1. The third-order valence-electron chi connectivity index (χ3n) is 7.97. The summed E-state index contributed by atoms with van der Waals surface area (Å²) in [5, 5.41) is 20.4. The van der Waals surface area contributed by atoms with Crippen molar-refractivity contribution in [2.24, 2.45) is 0 Å². The van der Waals surface area contributed by atoms with E-state index in [9.17, 15) is 19.8 Å². The van der Waals surface area contributed by atoms with Crippen LogP contribution in [0.5, 0.6) is 0 Å².